The summed E-state index contributed by atoms with van der Waals surface area (Å²) in [6.07, 6.45) is 0. The number of H-pyrrole nitrogens is 1. The van der Waals surface area contributed by atoms with Crippen molar-refractivity contribution in [3.63, 3.8) is 0 Å². The topological polar surface area (TPSA) is 104 Å². The lowest BCUT2D eigenvalue weighted by molar-refractivity contribution is -0.384. The second-order valence-corrected chi connectivity index (χ2v) is 4.49. The summed E-state index contributed by atoms with van der Waals surface area (Å²) in [6, 6.07) is 9.52. The number of aromatic hydroxyl groups is 1. The Morgan fingerprint density at radius 2 is 2.00 bits per heavy atom. The Bertz CT molecular complexity index is 904. The van der Waals surface area contributed by atoms with Gasteiger partial charge in [0.25, 0.3) is 5.69 Å². The van der Waals surface area contributed by atoms with E-state index in [1.54, 1.807) is 0 Å². The lowest BCUT2D eigenvalue weighted by atomic mass is 10.2. The number of nitro benzene ring substituents is 1. The van der Waals surface area contributed by atoms with Gasteiger partial charge in [-0.1, -0.05) is 6.07 Å². The summed E-state index contributed by atoms with van der Waals surface area (Å²) in [5, 5.41) is 28.6. The number of halogens is 1. The van der Waals surface area contributed by atoms with E-state index < -0.39 is 10.7 Å². The number of nitro groups is 1. The summed E-state index contributed by atoms with van der Waals surface area (Å²) >= 11 is 0. The molecule has 0 fully saturated rings. The van der Waals surface area contributed by atoms with Gasteiger partial charge in [-0.25, -0.2) is 4.39 Å². The number of aromatic nitrogens is 1. The summed E-state index contributed by atoms with van der Waals surface area (Å²) in [7, 11) is 0. The molecule has 0 aliphatic carbocycles. The van der Waals surface area contributed by atoms with Crippen LogP contribution < -0.4 is 0 Å². The first-order chi connectivity index (χ1) is 10.5. The molecular weight excluding hydrogens is 291 g/mol. The monoisotopic (exact) mass is 300 g/mol. The Kier molecular flexibility index (Phi) is 3.26. The average molecular weight is 300 g/mol. The first-order valence-electron chi connectivity index (χ1n) is 6.21. The van der Waals surface area contributed by atoms with Crippen molar-refractivity contribution in [3.05, 3.63) is 58.4 Å². The number of hydrogen-bond donors (Lipinski definition) is 2. The van der Waals surface area contributed by atoms with E-state index in [0.29, 0.717) is 10.9 Å². The van der Waals surface area contributed by atoms with Gasteiger partial charge in [0.05, 0.1) is 16.1 Å². The number of benzene rings is 2. The van der Waals surface area contributed by atoms with Gasteiger partial charge >= 0.3 is 0 Å². The maximum absolute atomic E-state index is 13.3. The van der Waals surface area contributed by atoms with Crippen molar-refractivity contribution in [2.45, 2.75) is 0 Å². The standard InChI is InChI=1S/C14H9FN4O3/c15-8-4-5-12-11(6-8)13(14(20)16-12)18-17-9-2-1-3-10(7-9)19(21)22/h1-7,16,20H. The number of nitrogens with zero attached hydrogens (tertiary/aromatic N) is 3. The predicted molar refractivity (Wildman–Crippen MR) is 77.2 cm³/mol. The van der Waals surface area contributed by atoms with Crippen molar-refractivity contribution in [2.24, 2.45) is 10.2 Å². The Morgan fingerprint density at radius 1 is 1.18 bits per heavy atom. The molecule has 110 valence electrons. The highest BCUT2D eigenvalue weighted by Crippen LogP contribution is 2.36. The lowest BCUT2D eigenvalue weighted by Crippen LogP contribution is -1.85. The maximum Gasteiger partial charge on any atom is 0.271 e. The number of nitrogens with one attached hydrogen (secondary N) is 1. The number of rotatable bonds is 3. The SMILES string of the molecule is O=[N+]([O-])c1cccc(N=Nc2c(O)[nH]c3ccc(F)cc23)c1. The molecule has 22 heavy (non-hydrogen) atoms. The van der Waals surface area contributed by atoms with E-state index in [0.717, 1.165) is 0 Å². The van der Waals surface area contributed by atoms with Crippen LogP contribution in [-0.2, 0) is 0 Å². The molecule has 0 atom stereocenters. The largest absolute Gasteiger partial charge is 0.493 e. The van der Waals surface area contributed by atoms with Crippen LogP contribution in [0.3, 0.4) is 0 Å². The van der Waals surface area contributed by atoms with Gasteiger partial charge in [0.2, 0.25) is 5.88 Å². The fourth-order valence-corrected chi connectivity index (χ4v) is 2.01. The number of aromatic amines is 1. The van der Waals surface area contributed by atoms with E-state index >= 15 is 0 Å². The number of hydrogen-bond acceptors (Lipinski definition) is 5. The highest BCUT2D eigenvalue weighted by Gasteiger charge is 2.11. The Balaban J connectivity index is 2.02. The van der Waals surface area contributed by atoms with Crippen LogP contribution >= 0.6 is 0 Å². The van der Waals surface area contributed by atoms with Crippen molar-refractivity contribution >= 4 is 28.0 Å². The summed E-state index contributed by atoms with van der Waals surface area (Å²) in [5.41, 5.74) is 0.706. The number of azo groups is 1. The smallest absolute Gasteiger partial charge is 0.271 e. The molecule has 0 saturated carbocycles. The fraction of sp³-hybridized carbons (Fsp3) is 0. The minimum atomic E-state index is -0.544. The second-order valence-electron chi connectivity index (χ2n) is 4.49. The third-order valence-electron chi connectivity index (χ3n) is 3.02. The molecule has 8 heteroatoms. The fourth-order valence-electron chi connectivity index (χ4n) is 2.01. The van der Waals surface area contributed by atoms with E-state index in [4.69, 9.17) is 0 Å². The van der Waals surface area contributed by atoms with Gasteiger partial charge in [-0.3, -0.25) is 10.1 Å². The van der Waals surface area contributed by atoms with Crippen LogP contribution in [0.25, 0.3) is 10.9 Å². The quantitative estimate of drug-likeness (QED) is 0.427. The molecule has 3 rings (SSSR count). The highest BCUT2D eigenvalue weighted by molar-refractivity contribution is 5.94. The van der Waals surface area contributed by atoms with E-state index in [-0.39, 0.29) is 22.9 Å². The Labute approximate surface area is 122 Å². The lowest BCUT2D eigenvalue weighted by Gasteiger charge is -1.94. The first-order valence-corrected chi connectivity index (χ1v) is 6.21. The van der Waals surface area contributed by atoms with Crippen molar-refractivity contribution in [3.8, 4) is 5.88 Å². The van der Waals surface area contributed by atoms with E-state index in [1.807, 2.05) is 0 Å². The number of non-ortho nitro benzene ring substituents is 1. The molecule has 0 aliphatic rings. The molecule has 0 saturated heterocycles. The molecule has 2 aromatic carbocycles. The Morgan fingerprint density at radius 3 is 2.77 bits per heavy atom. The third-order valence-corrected chi connectivity index (χ3v) is 3.02. The minimum absolute atomic E-state index is 0.0704. The highest BCUT2D eigenvalue weighted by atomic mass is 19.1. The van der Waals surface area contributed by atoms with Crippen molar-refractivity contribution in [1.29, 1.82) is 0 Å². The first kappa shape index (κ1) is 13.7. The molecule has 0 unspecified atom stereocenters. The summed E-state index contributed by atoms with van der Waals surface area (Å²) < 4.78 is 13.3. The summed E-state index contributed by atoms with van der Waals surface area (Å²) in [5.74, 6) is -0.729. The third kappa shape index (κ3) is 2.49. The zero-order valence-corrected chi connectivity index (χ0v) is 11.0. The van der Waals surface area contributed by atoms with Gasteiger partial charge in [0.15, 0.2) is 5.69 Å². The Hall–Kier alpha value is -3.29. The molecule has 3 aromatic rings. The van der Waals surface area contributed by atoms with Crippen molar-refractivity contribution in [2.75, 3.05) is 0 Å². The summed E-state index contributed by atoms with van der Waals surface area (Å²) in [4.78, 5) is 12.8. The summed E-state index contributed by atoms with van der Waals surface area (Å²) in [6.45, 7) is 0. The predicted octanol–water partition coefficient (Wildman–Crippen LogP) is 4.34. The van der Waals surface area contributed by atoms with Gasteiger partial charge in [-0.2, -0.15) is 5.11 Å². The van der Waals surface area contributed by atoms with Crippen LogP contribution in [0.5, 0.6) is 5.88 Å². The molecule has 1 heterocycles. The van der Waals surface area contributed by atoms with E-state index in [2.05, 4.69) is 15.2 Å². The van der Waals surface area contributed by atoms with Crippen LogP contribution in [0.15, 0.2) is 52.7 Å². The molecule has 1 aromatic heterocycles. The number of fused-ring (bicyclic) bond motifs is 1. The molecule has 0 aliphatic heterocycles. The zero-order valence-electron chi connectivity index (χ0n) is 11.0. The molecule has 0 amide bonds. The average Bonchev–Trinajstić information content (AvgIpc) is 2.80. The molecule has 2 N–H and O–H groups in total. The van der Waals surface area contributed by atoms with Crippen molar-refractivity contribution in [1.82, 2.24) is 4.98 Å². The second kappa shape index (κ2) is 5.24. The van der Waals surface area contributed by atoms with Gasteiger partial charge in [-0.05, 0) is 24.3 Å². The molecule has 0 bridgehead atoms. The molecule has 7 nitrogen and oxygen atoms in total. The van der Waals surface area contributed by atoms with Gasteiger partial charge in [-0.15, -0.1) is 5.11 Å². The van der Waals surface area contributed by atoms with Gasteiger partial charge in [0.1, 0.15) is 5.82 Å². The van der Waals surface area contributed by atoms with Crippen LogP contribution in [0.2, 0.25) is 0 Å². The minimum Gasteiger partial charge on any atom is -0.493 e. The zero-order chi connectivity index (χ0) is 15.7. The maximum atomic E-state index is 13.3. The molecule has 0 radical (unpaired) electrons. The van der Waals surface area contributed by atoms with Crippen LogP contribution in [0.1, 0.15) is 0 Å². The van der Waals surface area contributed by atoms with E-state index in [9.17, 15) is 19.6 Å². The molecular formula is C14H9FN4O3. The van der Waals surface area contributed by atoms with Crippen molar-refractivity contribution < 1.29 is 14.4 Å². The van der Waals surface area contributed by atoms with Crippen LogP contribution in [-0.4, -0.2) is 15.0 Å². The van der Waals surface area contributed by atoms with E-state index in [1.165, 1.54) is 42.5 Å². The van der Waals surface area contributed by atoms with Gasteiger partial charge in [0, 0.05) is 17.5 Å². The normalized spacial score (nSPS) is 11.3. The van der Waals surface area contributed by atoms with Crippen LogP contribution in [0.4, 0.5) is 21.5 Å². The van der Waals surface area contributed by atoms with Gasteiger partial charge < -0.3 is 10.1 Å². The molecule has 0 spiro atoms. The van der Waals surface area contributed by atoms with Crippen LogP contribution in [0, 0.1) is 15.9 Å².